The summed E-state index contributed by atoms with van der Waals surface area (Å²) in [6.45, 7) is 0.731. The molecule has 0 spiro atoms. The third-order valence-corrected chi connectivity index (χ3v) is 3.42. The van der Waals surface area contributed by atoms with Gasteiger partial charge in [-0.1, -0.05) is 15.9 Å². The quantitative estimate of drug-likeness (QED) is 0.601. The number of rotatable bonds is 6. The third kappa shape index (κ3) is 4.78. The number of aromatic amines is 1. The van der Waals surface area contributed by atoms with Gasteiger partial charge in [-0.2, -0.15) is 0 Å². The van der Waals surface area contributed by atoms with Gasteiger partial charge in [0.25, 0.3) is 0 Å². The summed E-state index contributed by atoms with van der Waals surface area (Å²) in [5.41, 5.74) is 1.92. The summed E-state index contributed by atoms with van der Waals surface area (Å²) in [6, 6.07) is 7.59. The average molecular weight is 354 g/mol. The fraction of sp³-hybridized carbons (Fsp3) is 0.286. The predicted octanol–water partition coefficient (Wildman–Crippen LogP) is 2.59. The molecule has 0 unspecified atom stereocenters. The number of hydrogen-bond donors (Lipinski definition) is 4. The Morgan fingerprint density at radius 3 is 2.81 bits per heavy atom. The molecule has 0 fully saturated rings. The van der Waals surface area contributed by atoms with Gasteiger partial charge in [0, 0.05) is 34.0 Å². The Labute approximate surface area is 130 Å². The third-order valence-electron chi connectivity index (χ3n) is 2.93. The van der Waals surface area contributed by atoms with Crippen molar-refractivity contribution in [1.82, 2.24) is 15.6 Å². The number of carboxylic acids is 1. The molecule has 0 radical (unpaired) electrons. The van der Waals surface area contributed by atoms with Gasteiger partial charge >= 0.3 is 12.0 Å². The first-order valence-corrected chi connectivity index (χ1v) is 7.34. The highest BCUT2D eigenvalue weighted by Gasteiger charge is 2.04. The Balaban J connectivity index is 1.78. The Bertz CT molecular complexity index is 654. The summed E-state index contributed by atoms with van der Waals surface area (Å²) in [4.78, 5) is 25.1. The minimum absolute atomic E-state index is 0.0528. The van der Waals surface area contributed by atoms with Crippen LogP contribution in [0.3, 0.4) is 0 Å². The molecule has 1 aromatic carbocycles. The number of nitrogens with one attached hydrogen (secondary N) is 3. The second-order valence-electron chi connectivity index (χ2n) is 4.63. The molecule has 4 N–H and O–H groups in total. The highest BCUT2D eigenvalue weighted by molar-refractivity contribution is 9.10. The minimum atomic E-state index is -0.860. The molecule has 0 atom stereocenters. The van der Waals surface area contributed by atoms with Crippen molar-refractivity contribution in [2.75, 3.05) is 6.54 Å². The maximum Gasteiger partial charge on any atom is 0.315 e. The molecule has 0 saturated carbocycles. The number of benzene rings is 1. The normalized spacial score (nSPS) is 10.5. The van der Waals surface area contributed by atoms with Crippen molar-refractivity contribution >= 4 is 38.8 Å². The average Bonchev–Trinajstić information content (AvgIpc) is 2.83. The van der Waals surface area contributed by atoms with E-state index in [0.717, 1.165) is 21.1 Å². The Morgan fingerprint density at radius 2 is 2.05 bits per heavy atom. The first-order chi connectivity index (χ1) is 10.0. The largest absolute Gasteiger partial charge is 0.481 e. The predicted molar refractivity (Wildman–Crippen MR) is 83.1 cm³/mol. The molecule has 1 heterocycles. The fourth-order valence-corrected chi connectivity index (χ4v) is 2.32. The van der Waals surface area contributed by atoms with E-state index < -0.39 is 5.97 Å². The highest BCUT2D eigenvalue weighted by Crippen LogP contribution is 2.20. The lowest BCUT2D eigenvalue weighted by Gasteiger charge is -2.05. The van der Waals surface area contributed by atoms with Crippen molar-refractivity contribution < 1.29 is 14.7 Å². The maximum atomic E-state index is 11.5. The number of carbonyl (C=O) groups is 2. The molecule has 2 aromatic rings. The molecule has 21 heavy (non-hydrogen) atoms. The molecular formula is C14H16BrN3O3. The first-order valence-electron chi connectivity index (χ1n) is 6.55. The second-order valence-corrected chi connectivity index (χ2v) is 5.55. The van der Waals surface area contributed by atoms with E-state index in [4.69, 9.17) is 5.11 Å². The van der Waals surface area contributed by atoms with E-state index in [0.29, 0.717) is 19.5 Å². The van der Waals surface area contributed by atoms with Crippen LogP contribution >= 0.6 is 15.9 Å². The molecule has 0 saturated heterocycles. The summed E-state index contributed by atoms with van der Waals surface area (Å²) in [5.74, 6) is -0.860. The van der Waals surface area contributed by atoms with E-state index in [1.807, 2.05) is 24.3 Å². The molecule has 0 aliphatic rings. The van der Waals surface area contributed by atoms with Gasteiger partial charge in [-0.05, 0) is 30.7 Å². The molecule has 1 aromatic heterocycles. The van der Waals surface area contributed by atoms with E-state index in [-0.39, 0.29) is 12.5 Å². The summed E-state index contributed by atoms with van der Waals surface area (Å²) in [6.07, 6.45) is 0.473. The maximum absolute atomic E-state index is 11.5. The molecule has 6 nitrogen and oxygen atoms in total. The van der Waals surface area contributed by atoms with E-state index in [9.17, 15) is 9.59 Å². The van der Waals surface area contributed by atoms with Gasteiger partial charge in [0.2, 0.25) is 0 Å². The van der Waals surface area contributed by atoms with Crippen LogP contribution in [0.2, 0.25) is 0 Å². The number of hydrogen-bond acceptors (Lipinski definition) is 2. The van der Waals surface area contributed by atoms with Crippen LogP contribution in [-0.2, 0) is 11.3 Å². The molecule has 2 amide bonds. The second kappa shape index (κ2) is 7.12. The molecular weight excluding hydrogens is 338 g/mol. The zero-order valence-corrected chi connectivity index (χ0v) is 12.9. The number of carbonyl (C=O) groups excluding carboxylic acids is 1. The lowest BCUT2D eigenvalue weighted by Crippen LogP contribution is -2.35. The van der Waals surface area contributed by atoms with Crippen molar-refractivity contribution in [2.24, 2.45) is 0 Å². The number of aliphatic carboxylic acids is 1. The van der Waals surface area contributed by atoms with E-state index in [1.165, 1.54) is 0 Å². The lowest BCUT2D eigenvalue weighted by atomic mass is 10.2. The van der Waals surface area contributed by atoms with Crippen molar-refractivity contribution in [2.45, 2.75) is 19.4 Å². The lowest BCUT2D eigenvalue weighted by molar-refractivity contribution is -0.137. The van der Waals surface area contributed by atoms with Gasteiger partial charge in [-0.3, -0.25) is 4.79 Å². The van der Waals surface area contributed by atoms with Crippen LogP contribution in [0, 0.1) is 0 Å². The highest BCUT2D eigenvalue weighted by atomic mass is 79.9. The van der Waals surface area contributed by atoms with E-state index in [2.05, 4.69) is 31.5 Å². The monoisotopic (exact) mass is 353 g/mol. The standard InChI is InChI=1S/C14H16BrN3O3/c15-10-3-4-12-9(6-10)7-11(18-12)8-17-14(21)16-5-1-2-13(19)20/h3-4,6-7,18H,1-2,5,8H2,(H,19,20)(H2,16,17,21). The number of carboxylic acid groups (broad SMARTS) is 1. The smallest absolute Gasteiger partial charge is 0.315 e. The van der Waals surface area contributed by atoms with Gasteiger partial charge in [0.1, 0.15) is 0 Å². The van der Waals surface area contributed by atoms with Crippen LogP contribution in [0.25, 0.3) is 10.9 Å². The number of fused-ring (bicyclic) bond motifs is 1. The number of amides is 2. The van der Waals surface area contributed by atoms with Crippen molar-refractivity contribution in [3.05, 3.63) is 34.4 Å². The van der Waals surface area contributed by atoms with Crippen LogP contribution in [0.1, 0.15) is 18.5 Å². The summed E-state index contributed by atoms with van der Waals surface area (Å²) >= 11 is 3.41. The molecule has 7 heteroatoms. The van der Waals surface area contributed by atoms with Crippen LogP contribution in [0.5, 0.6) is 0 Å². The Kier molecular flexibility index (Phi) is 5.21. The number of aromatic nitrogens is 1. The Hall–Kier alpha value is -2.02. The van der Waals surface area contributed by atoms with Gasteiger partial charge in [0.05, 0.1) is 6.54 Å². The van der Waals surface area contributed by atoms with E-state index in [1.54, 1.807) is 0 Å². The molecule has 0 aliphatic carbocycles. The van der Waals surface area contributed by atoms with Crippen LogP contribution in [0.15, 0.2) is 28.7 Å². The zero-order chi connectivity index (χ0) is 15.2. The van der Waals surface area contributed by atoms with Gasteiger partial charge in [-0.25, -0.2) is 4.79 Å². The van der Waals surface area contributed by atoms with Gasteiger partial charge in [0.15, 0.2) is 0 Å². The topological polar surface area (TPSA) is 94.2 Å². The molecule has 0 bridgehead atoms. The summed E-state index contributed by atoms with van der Waals surface area (Å²) in [7, 11) is 0. The summed E-state index contributed by atoms with van der Waals surface area (Å²) < 4.78 is 1.00. The van der Waals surface area contributed by atoms with Gasteiger partial charge in [-0.15, -0.1) is 0 Å². The zero-order valence-electron chi connectivity index (χ0n) is 11.3. The van der Waals surface area contributed by atoms with Crippen molar-refractivity contribution in [3.8, 4) is 0 Å². The minimum Gasteiger partial charge on any atom is -0.481 e. The Morgan fingerprint density at radius 1 is 1.24 bits per heavy atom. The number of urea groups is 1. The molecule has 112 valence electrons. The first kappa shape index (κ1) is 15.4. The molecule has 0 aliphatic heterocycles. The van der Waals surface area contributed by atoms with Crippen LogP contribution in [-0.4, -0.2) is 28.6 Å². The van der Waals surface area contributed by atoms with Crippen molar-refractivity contribution in [1.29, 1.82) is 0 Å². The van der Waals surface area contributed by atoms with Crippen molar-refractivity contribution in [3.63, 3.8) is 0 Å². The SMILES string of the molecule is O=C(O)CCCNC(=O)NCc1cc2cc(Br)ccc2[nH]1. The summed E-state index contributed by atoms with van der Waals surface area (Å²) in [5, 5.41) is 14.9. The number of halogens is 1. The fourth-order valence-electron chi connectivity index (χ4n) is 1.94. The van der Waals surface area contributed by atoms with E-state index >= 15 is 0 Å². The number of H-pyrrole nitrogens is 1. The molecule has 2 rings (SSSR count). The van der Waals surface area contributed by atoms with Crippen LogP contribution in [0.4, 0.5) is 4.79 Å². The van der Waals surface area contributed by atoms with Gasteiger partial charge < -0.3 is 20.7 Å². The van der Waals surface area contributed by atoms with Crippen LogP contribution < -0.4 is 10.6 Å².